The highest BCUT2D eigenvalue weighted by Gasteiger charge is 2.42. The van der Waals surface area contributed by atoms with Gasteiger partial charge in [-0.2, -0.15) is 9.97 Å². The lowest BCUT2D eigenvalue weighted by Crippen LogP contribution is -2.44. The van der Waals surface area contributed by atoms with Crippen LogP contribution in [0.4, 0.5) is 5.95 Å². The summed E-state index contributed by atoms with van der Waals surface area (Å²) < 4.78 is 20.3. The van der Waals surface area contributed by atoms with Gasteiger partial charge in [-0.05, 0) is 18.1 Å². The van der Waals surface area contributed by atoms with E-state index in [0.29, 0.717) is 24.2 Å². The molecule has 3 rings (SSSR count). The van der Waals surface area contributed by atoms with Crippen LogP contribution in [0, 0.1) is 12.3 Å². The highest BCUT2D eigenvalue weighted by Crippen LogP contribution is 2.38. The van der Waals surface area contributed by atoms with Gasteiger partial charge >= 0.3 is 0 Å². The molecule has 2 N–H and O–H groups in total. The van der Waals surface area contributed by atoms with Gasteiger partial charge in [0.15, 0.2) is 19.1 Å². The first-order valence-corrected chi connectivity index (χ1v) is 12.8. The van der Waals surface area contributed by atoms with Gasteiger partial charge in [0.25, 0.3) is 0 Å². The van der Waals surface area contributed by atoms with Crippen molar-refractivity contribution >= 4 is 37.0 Å². The van der Waals surface area contributed by atoms with Crippen molar-refractivity contribution in [3.8, 4) is 12.3 Å². The van der Waals surface area contributed by atoms with E-state index in [0.717, 1.165) is 0 Å². The van der Waals surface area contributed by atoms with Gasteiger partial charge in [0.05, 0.1) is 19.0 Å². The molecule has 0 aromatic carbocycles. The van der Waals surface area contributed by atoms with E-state index in [9.17, 15) is 0 Å². The molecule has 0 radical (unpaired) electrons. The van der Waals surface area contributed by atoms with Crippen LogP contribution in [0.25, 0.3) is 11.2 Å². The van der Waals surface area contributed by atoms with Gasteiger partial charge in [0.1, 0.15) is 24.5 Å². The number of rotatable bonds is 6. The van der Waals surface area contributed by atoms with Gasteiger partial charge < -0.3 is 19.6 Å². The number of nitrogens with two attached hydrogens (primary N) is 1. The molecule has 0 saturated carbocycles. The number of terminal acetylenes is 1. The maximum atomic E-state index is 6.37. The number of nitrogens with zero attached hydrogens (tertiary/aromatic N) is 4. The van der Waals surface area contributed by atoms with Crippen molar-refractivity contribution in [3.63, 3.8) is 0 Å². The molecule has 29 heavy (non-hydrogen) atoms. The number of aromatic nitrogens is 4. The first-order chi connectivity index (χ1) is 13.5. The number of imidazole rings is 1. The number of fused-ring (bicyclic) bond motifs is 1. The fraction of sp³-hybridized carbons (Fsp3) is 0.632. The summed E-state index contributed by atoms with van der Waals surface area (Å²) in [5.74, 6) is 2.61. The van der Waals surface area contributed by atoms with E-state index in [2.05, 4.69) is 54.7 Å². The third-order valence-electron chi connectivity index (χ3n) is 5.68. The van der Waals surface area contributed by atoms with E-state index in [4.69, 9.17) is 37.7 Å². The number of halogens is 1. The van der Waals surface area contributed by atoms with Crippen LogP contribution in [0.15, 0.2) is 6.33 Å². The van der Waals surface area contributed by atoms with Gasteiger partial charge in [-0.3, -0.25) is 4.57 Å². The third-order valence-corrected chi connectivity index (χ3v) is 10.4. The van der Waals surface area contributed by atoms with E-state index >= 15 is 0 Å². The molecule has 8 nitrogen and oxygen atoms in total. The lowest BCUT2D eigenvalue weighted by Gasteiger charge is -2.37. The number of nitrogen functional groups attached to an aromatic ring is 1. The second-order valence-electron chi connectivity index (χ2n) is 8.69. The quantitative estimate of drug-likeness (QED) is 0.420. The Morgan fingerprint density at radius 3 is 2.79 bits per heavy atom. The van der Waals surface area contributed by atoms with E-state index in [1.165, 1.54) is 0 Å². The van der Waals surface area contributed by atoms with Crippen LogP contribution in [0.1, 0.15) is 33.4 Å². The second-order valence-corrected chi connectivity index (χ2v) is 13.9. The largest absolute Gasteiger partial charge is 0.414 e. The maximum absolute atomic E-state index is 6.37. The van der Waals surface area contributed by atoms with E-state index in [-0.39, 0.29) is 41.2 Å². The molecule has 1 fully saturated rings. The monoisotopic (exact) mass is 437 g/mol. The Morgan fingerprint density at radius 1 is 1.41 bits per heavy atom. The summed E-state index contributed by atoms with van der Waals surface area (Å²) in [6, 6.07) is 0. The van der Waals surface area contributed by atoms with Crippen molar-refractivity contribution in [2.45, 2.75) is 63.8 Å². The SMILES string of the molecule is C#CCOC1C[C@H](n2cnc3c(Cl)nc(N)nc32)O[C@@H]1CO[Si](C)(C)C(C)(C)C. The van der Waals surface area contributed by atoms with Gasteiger partial charge in [0.2, 0.25) is 5.95 Å². The van der Waals surface area contributed by atoms with Crippen LogP contribution in [0.3, 0.4) is 0 Å². The Bertz CT molecular complexity index is 921. The van der Waals surface area contributed by atoms with E-state index in [1.54, 1.807) is 10.9 Å². The molecule has 3 heterocycles. The third kappa shape index (κ3) is 4.57. The van der Waals surface area contributed by atoms with E-state index < -0.39 is 8.32 Å². The minimum absolute atomic E-state index is 0.0835. The van der Waals surface area contributed by atoms with Crippen LogP contribution < -0.4 is 5.73 Å². The van der Waals surface area contributed by atoms with Crippen molar-refractivity contribution in [3.05, 3.63) is 11.5 Å². The minimum atomic E-state index is -1.93. The summed E-state index contributed by atoms with van der Waals surface area (Å²) in [5, 5.41) is 0.313. The lowest BCUT2D eigenvalue weighted by molar-refractivity contribution is -0.0529. The molecule has 1 aliphatic rings. The molecule has 0 amide bonds. The molecular weight excluding hydrogens is 410 g/mol. The van der Waals surface area contributed by atoms with Crippen LogP contribution in [0.5, 0.6) is 0 Å². The molecular formula is C19H28ClN5O3Si. The average molecular weight is 438 g/mol. The zero-order chi connectivity index (χ0) is 21.4. The Labute approximate surface area is 177 Å². The maximum Gasteiger partial charge on any atom is 0.223 e. The van der Waals surface area contributed by atoms with Crippen molar-refractivity contribution in [2.24, 2.45) is 0 Å². The van der Waals surface area contributed by atoms with Crippen LogP contribution in [-0.2, 0) is 13.9 Å². The molecule has 0 bridgehead atoms. The molecule has 0 aliphatic carbocycles. The van der Waals surface area contributed by atoms with Crippen LogP contribution >= 0.6 is 11.6 Å². The molecule has 158 valence electrons. The summed E-state index contributed by atoms with van der Waals surface area (Å²) in [6.45, 7) is 11.7. The topological polar surface area (TPSA) is 97.3 Å². The van der Waals surface area contributed by atoms with Gasteiger partial charge in [-0.15, -0.1) is 6.42 Å². The molecule has 1 saturated heterocycles. The molecule has 3 atom stereocenters. The Hall–Kier alpha value is -1.70. The lowest BCUT2D eigenvalue weighted by atomic mass is 10.2. The molecule has 1 aliphatic heterocycles. The Kier molecular flexibility index (Phi) is 6.22. The number of hydrogen-bond donors (Lipinski definition) is 1. The van der Waals surface area contributed by atoms with Gasteiger partial charge in [-0.1, -0.05) is 38.3 Å². The fourth-order valence-electron chi connectivity index (χ4n) is 2.97. The minimum Gasteiger partial charge on any atom is -0.414 e. The molecule has 0 spiro atoms. The molecule has 1 unspecified atom stereocenters. The number of ether oxygens (including phenoxy) is 2. The van der Waals surface area contributed by atoms with Crippen LogP contribution in [0.2, 0.25) is 23.3 Å². The predicted molar refractivity (Wildman–Crippen MR) is 115 cm³/mol. The summed E-state index contributed by atoms with van der Waals surface area (Å²) in [5.41, 5.74) is 6.76. The molecule has 10 heteroatoms. The number of anilines is 1. The summed E-state index contributed by atoms with van der Waals surface area (Å²) in [7, 11) is -1.93. The average Bonchev–Trinajstić information content (AvgIpc) is 3.21. The molecule has 2 aromatic rings. The van der Waals surface area contributed by atoms with Crippen molar-refractivity contribution in [1.82, 2.24) is 19.5 Å². The predicted octanol–water partition coefficient (Wildman–Crippen LogP) is 3.39. The normalized spacial score (nSPS) is 22.9. The standard InChI is InChI=1S/C19H28ClN5O3Si/c1-7-8-26-12-9-14(28-13(12)10-27-29(5,6)19(2,3)4)25-11-22-15-16(20)23-18(21)24-17(15)25/h1,11-14H,8-10H2,2-6H3,(H2,21,23,24)/t12?,13-,14-/m1/s1. The Balaban J connectivity index is 1.82. The van der Waals surface area contributed by atoms with Gasteiger partial charge in [-0.25, -0.2) is 4.98 Å². The first-order valence-electron chi connectivity index (χ1n) is 9.53. The molecule has 2 aromatic heterocycles. The van der Waals surface area contributed by atoms with Crippen molar-refractivity contribution in [2.75, 3.05) is 18.9 Å². The summed E-state index contributed by atoms with van der Waals surface area (Å²) in [6.07, 6.45) is 6.80. The van der Waals surface area contributed by atoms with E-state index in [1.807, 2.05) is 0 Å². The first kappa shape index (κ1) is 22.0. The highest BCUT2D eigenvalue weighted by molar-refractivity contribution is 6.74. The fourth-order valence-corrected chi connectivity index (χ4v) is 4.20. The smallest absolute Gasteiger partial charge is 0.223 e. The van der Waals surface area contributed by atoms with Crippen molar-refractivity contribution in [1.29, 1.82) is 0 Å². The van der Waals surface area contributed by atoms with Crippen LogP contribution in [-0.4, -0.2) is 53.3 Å². The summed E-state index contributed by atoms with van der Waals surface area (Å²) >= 11 is 6.14. The summed E-state index contributed by atoms with van der Waals surface area (Å²) in [4.78, 5) is 12.5. The highest BCUT2D eigenvalue weighted by atomic mass is 35.5. The van der Waals surface area contributed by atoms with Crippen molar-refractivity contribution < 1.29 is 13.9 Å². The van der Waals surface area contributed by atoms with Gasteiger partial charge in [0, 0.05) is 6.42 Å². The zero-order valence-corrected chi connectivity index (χ0v) is 19.2. The zero-order valence-electron chi connectivity index (χ0n) is 17.5. The second kappa shape index (κ2) is 8.20. The Morgan fingerprint density at radius 2 is 2.14 bits per heavy atom. The number of hydrogen-bond acceptors (Lipinski definition) is 7.